The second kappa shape index (κ2) is 6.07. The van der Waals surface area contributed by atoms with Crippen LogP contribution in [0.2, 0.25) is 0 Å². The fourth-order valence-electron chi connectivity index (χ4n) is 2.11. The van der Waals surface area contributed by atoms with Crippen molar-refractivity contribution in [1.29, 1.82) is 0 Å². The third-order valence-corrected chi connectivity index (χ3v) is 3.34. The van der Waals surface area contributed by atoms with Gasteiger partial charge in [0, 0.05) is 11.1 Å². The van der Waals surface area contributed by atoms with E-state index in [1.54, 1.807) is 18.2 Å². The van der Waals surface area contributed by atoms with Gasteiger partial charge in [0.05, 0.1) is 0 Å². The number of halogens is 2. The molecule has 0 saturated carbocycles. The number of rotatable bonds is 2. The van der Waals surface area contributed by atoms with Gasteiger partial charge in [-0.3, -0.25) is 4.79 Å². The number of nitrogens with zero attached hydrogens (tertiary/aromatic N) is 2. The third kappa shape index (κ3) is 2.76. The second-order valence-electron chi connectivity index (χ2n) is 4.57. The number of para-hydroxylation sites is 1. The van der Waals surface area contributed by atoms with Crippen LogP contribution in [0.5, 0.6) is 0 Å². The Morgan fingerprint density at radius 2 is 1.82 bits per heavy atom. The monoisotopic (exact) mass is 315 g/mol. The standard InChI is InChI=1S/C16H11ClFN3O/c17-9-14(22)20-16-11-6-2-1-5-10(11)15(21-16)19-13-8-4-3-7-12(13)18/h1-8H,9H2,(H,19,20,21,22). The molecule has 3 rings (SSSR count). The molecule has 110 valence electrons. The molecule has 1 amide bonds. The van der Waals surface area contributed by atoms with Gasteiger partial charge in [-0.1, -0.05) is 36.4 Å². The summed E-state index contributed by atoms with van der Waals surface area (Å²) in [6.45, 7) is 0. The van der Waals surface area contributed by atoms with E-state index in [4.69, 9.17) is 11.6 Å². The first-order valence-corrected chi connectivity index (χ1v) is 7.10. The van der Waals surface area contributed by atoms with Crippen molar-refractivity contribution < 1.29 is 9.18 Å². The minimum absolute atomic E-state index is 0.166. The fourth-order valence-corrected chi connectivity index (χ4v) is 2.18. The molecule has 2 aromatic carbocycles. The van der Waals surface area contributed by atoms with E-state index in [1.165, 1.54) is 6.07 Å². The van der Waals surface area contributed by atoms with Crippen LogP contribution in [0.1, 0.15) is 11.1 Å². The van der Waals surface area contributed by atoms with Gasteiger partial charge >= 0.3 is 0 Å². The van der Waals surface area contributed by atoms with Crippen molar-refractivity contribution in [3.05, 3.63) is 65.5 Å². The summed E-state index contributed by atoms with van der Waals surface area (Å²) in [4.78, 5) is 20.0. The minimum atomic E-state index is -0.430. The predicted octanol–water partition coefficient (Wildman–Crippen LogP) is 3.02. The predicted molar refractivity (Wildman–Crippen MR) is 84.4 cm³/mol. The van der Waals surface area contributed by atoms with Crippen LogP contribution in [-0.2, 0) is 4.79 Å². The highest BCUT2D eigenvalue weighted by Gasteiger charge is 2.22. The molecule has 22 heavy (non-hydrogen) atoms. The van der Waals surface area contributed by atoms with E-state index in [0.717, 1.165) is 11.1 Å². The number of fused-ring (bicyclic) bond motifs is 1. The maximum Gasteiger partial charge on any atom is 0.240 e. The Hall–Kier alpha value is -2.53. The Balaban J connectivity index is 2.05. The number of aliphatic imine (C=N–C) groups is 2. The lowest BCUT2D eigenvalue weighted by atomic mass is 10.1. The summed E-state index contributed by atoms with van der Waals surface area (Å²) >= 11 is 5.50. The molecule has 0 aliphatic carbocycles. The molecule has 0 bridgehead atoms. The largest absolute Gasteiger partial charge is 0.309 e. The molecule has 2 aromatic rings. The molecule has 4 nitrogen and oxygen atoms in total. The van der Waals surface area contributed by atoms with Gasteiger partial charge in [0.25, 0.3) is 0 Å². The average Bonchev–Trinajstić information content (AvgIpc) is 2.88. The number of nitrogens with one attached hydrogen (secondary N) is 1. The van der Waals surface area contributed by atoms with Crippen molar-refractivity contribution in [1.82, 2.24) is 5.32 Å². The molecule has 1 heterocycles. The van der Waals surface area contributed by atoms with E-state index in [-0.39, 0.29) is 17.5 Å². The van der Waals surface area contributed by atoms with Crippen LogP contribution in [0.3, 0.4) is 0 Å². The van der Waals surface area contributed by atoms with Gasteiger partial charge in [-0.25, -0.2) is 14.4 Å². The van der Waals surface area contributed by atoms with E-state index in [9.17, 15) is 9.18 Å². The van der Waals surface area contributed by atoms with Crippen LogP contribution < -0.4 is 5.32 Å². The molecule has 1 aliphatic rings. The van der Waals surface area contributed by atoms with Crippen LogP contribution in [0.25, 0.3) is 0 Å². The van der Waals surface area contributed by atoms with Gasteiger partial charge in [-0.05, 0) is 12.1 Å². The number of carbonyl (C=O) groups excluding carboxylic acids is 1. The third-order valence-electron chi connectivity index (χ3n) is 3.10. The van der Waals surface area contributed by atoms with Gasteiger partial charge < -0.3 is 5.32 Å². The zero-order valence-corrected chi connectivity index (χ0v) is 12.1. The summed E-state index contributed by atoms with van der Waals surface area (Å²) < 4.78 is 13.7. The lowest BCUT2D eigenvalue weighted by Crippen LogP contribution is -2.31. The zero-order valence-electron chi connectivity index (χ0n) is 11.4. The lowest BCUT2D eigenvalue weighted by molar-refractivity contribution is -0.117. The minimum Gasteiger partial charge on any atom is -0.309 e. The lowest BCUT2D eigenvalue weighted by Gasteiger charge is -2.03. The molecule has 0 radical (unpaired) electrons. The van der Waals surface area contributed by atoms with E-state index >= 15 is 0 Å². The molecule has 0 unspecified atom stereocenters. The highest BCUT2D eigenvalue weighted by atomic mass is 35.5. The SMILES string of the molecule is O=C(CCl)NC1=NC(=Nc2ccccc2F)c2ccccc21. The molecule has 0 aromatic heterocycles. The Morgan fingerprint density at radius 1 is 1.14 bits per heavy atom. The molecular weight excluding hydrogens is 305 g/mol. The van der Waals surface area contributed by atoms with Crippen LogP contribution in [0.15, 0.2) is 58.5 Å². The first-order chi connectivity index (χ1) is 10.7. The number of hydrogen-bond acceptors (Lipinski definition) is 2. The number of amidine groups is 2. The van der Waals surface area contributed by atoms with Crippen molar-refractivity contribution >= 4 is 34.9 Å². The number of amides is 1. The quantitative estimate of drug-likeness (QED) is 0.851. The van der Waals surface area contributed by atoms with Crippen molar-refractivity contribution in [2.24, 2.45) is 9.98 Å². The van der Waals surface area contributed by atoms with Crippen LogP contribution in [-0.4, -0.2) is 23.5 Å². The van der Waals surface area contributed by atoms with Gasteiger partial charge in [0.1, 0.15) is 23.2 Å². The topological polar surface area (TPSA) is 53.8 Å². The summed E-state index contributed by atoms with van der Waals surface area (Å²) in [6, 6.07) is 13.5. The number of benzene rings is 2. The van der Waals surface area contributed by atoms with Crippen molar-refractivity contribution in [2.45, 2.75) is 0 Å². The normalized spacial score (nSPS) is 14.6. The Morgan fingerprint density at radius 3 is 2.55 bits per heavy atom. The number of hydrogen-bond donors (Lipinski definition) is 1. The highest BCUT2D eigenvalue weighted by molar-refractivity contribution is 6.31. The number of alkyl halides is 1. The number of carbonyl (C=O) groups is 1. The van der Waals surface area contributed by atoms with E-state index < -0.39 is 5.82 Å². The van der Waals surface area contributed by atoms with Crippen LogP contribution in [0.4, 0.5) is 10.1 Å². The van der Waals surface area contributed by atoms with Gasteiger partial charge in [-0.2, -0.15) is 0 Å². The van der Waals surface area contributed by atoms with Crippen molar-refractivity contribution in [3.8, 4) is 0 Å². The summed E-state index contributed by atoms with van der Waals surface area (Å²) in [5, 5.41) is 2.62. The smallest absolute Gasteiger partial charge is 0.240 e. The first kappa shape index (κ1) is 14.4. The highest BCUT2D eigenvalue weighted by Crippen LogP contribution is 2.23. The second-order valence-corrected chi connectivity index (χ2v) is 4.84. The molecule has 0 fully saturated rings. The molecule has 1 aliphatic heterocycles. The molecule has 0 saturated heterocycles. The fraction of sp³-hybridized carbons (Fsp3) is 0.0625. The molecule has 0 spiro atoms. The first-order valence-electron chi connectivity index (χ1n) is 6.56. The van der Waals surface area contributed by atoms with E-state index in [0.29, 0.717) is 11.7 Å². The maximum atomic E-state index is 13.7. The Bertz CT molecular complexity index is 801. The Labute approximate surface area is 131 Å². The zero-order chi connectivity index (χ0) is 15.5. The van der Waals surface area contributed by atoms with E-state index in [2.05, 4.69) is 15.3 Å². The van der Waals surface area contributed by atoms with Crippen molar-refractivity contribution in [3.63, 3.8) is 0 Å². The molecule has 0 atom stereocenters. The van der Waals surface area contributed by atoms with Gasteiger partial charge in [-0.15, -0.1) is 11.6 Å². The molecule has 6 heteroatoms. The summed E-state index contributed by atoms with van der Waals surface area (Å²) in [7, 11) is 0. The summed E-state index contributed by atoms with van der Waals surface area (Å²) in [5.74, 6) is -0.230. The molecular formula is C16H11ClFN3O. The summed E-state index contributed by atoms with van der Waals surface area (Å²) in [6.07, 6.45) is 0. The molecule has 1 N–H and O–H groups in total. The van der Waals surface area contributed by atoms with E-state index in [1.807, 2.05) is 24.3 Å². The average molecular weight is 316 g/mol. The summed E-state index contributed by atoms with van der Waals surface area (Å²) in [5.41, 5.74) is 1.66. The van der Waals surface area contributed by atoms with Gasteiger partial charge in [0.2, 0.25) is 5.91 Å². The van der Waals surface area contributed by atoms with Crippen LogP contribution in [0, 0.1) is 5.82 Å². The van der Waals surface area contributed by atoms with Gasteiger partial charge in [0.15, 0.2) is 5.84 Å². The van der Waals surface area contributed by atoms with Crippen molar-refractivity contribution in [2.75, 3.05) is 5.88 Å². The Kier molecular flexibility index (Phi) is 3.98. The van der Waals surface area contributed by atoms with Crippen LogP contribution >= 0.6 is 11.6 Å². The maximum absolute atomic E-state index is 13.7.